The lowest BCUT2D eigenvalue weighted by Crippen LogP contribution is -2.47. The van der Waals surface area contributed by atoms with Gasteiger partial charge in [-0.3, -0.25) is 14.5 Å². The van der Waals surface area contributed by atoms with Crippen molar-refractivity contribution in [1.29, 1.82) is 0 Å². The molecule has 0 bridgehead atoms. The highest BCUT2D eigenvalue weighted by atomic mass is 32.1. The zero-order chi connectivity index (χ0) is 25.5. The number of piperidine rings is 1. The summed E-state index contributed by atoms with van der Waals surface area (Å²) in [5, 5.41) is 0.208. The maximum Gasteiger partial charge on any atom is 0.417 e. The topological polar surface area (TPSA) is 98.4 Å². The van der Waals surface area contributed by atoms with Crippen LogP contribution in [0.4, 0.5) is 22.0 Å². The molecule has 1 fully saturated rings. The summed E-state index contributed by atoms with van der Waals surface area (Å²) in [5.41, 5.74) is 3.59. The summed E-state index contributed by atoms with van der Waals surface area (Å²) in [6, 6.07) is 1.79. The highest BCUT2D eigenvalue weighted by Crippen LogP contribution is 2.33. The van der Waals surface area contributed by atoms with E-state index in [9.17, 15) is 27.2 Å². The van der Waals surface area contributed by atoms with E-state index in [1.165, 1.54) is 0 Å². The number of carbonyl (C=O) groups is 2. The van der Waals surface area contributed by atoms with Crippen molar-refractivity contribution in [3.8, 4) is 5.75 Å². The normalized spacial score (nSPS) is 19.1. The number of likely N-dealkylation sites (tertiary alicyclic amines) is 1. The van der Waals surface area contributed by atoms with Gasteiger partial charge in [0.25, 0.3) is 0 Å². The Morgan fingerprint density at radius 1 is 1.29 bits per heavy atom. The van der Waals surface area contributed by atoms with Gasteiger partial charge in [-0.05, 0) is 44.6 Å². The molecule has 1 saturated heterocycles. The van der Waals surface area contributed by atoms with Gasteiger partial charge >= 0.3 is 6.18 Å². The molecule has 2 aromatic heterocycles. The molecular formula is C22H19F5N4O3S. The van der Waals surface area contributed by atoms with Crippen LogP contribution in [0.2, 0.25) is 0 Å². The number of fused-ring (bicyclic) bond motifs is 1. The molecule has 1 aliphatic heterocycles. The van der Waals surface area contributed by atoms with E-state index in [1.54, 1.807) is 11.9 Å². The summed E-state index contributed by atoms with van der Waals surface area (Å²) in [6.45, 7) is 0.0107. The number of aromatic nitrogens is 2. The summed E-state index contributed by atoms with van der Waals surface area (Å²) in [4.78, 5) is 34.2. The average Bonchev–Trinajstić information content (AvgIpc) is 3.20. The first-order chi connectivity index (χ1) is 16.5. The lowest BCUT2D eigenvalue weighted by atomic mass is 9.86. The number of hydrogen-bond donors (Lipinski definition) is 1. The molecule has 0 radical (unpaired) electrons. The summed E-state index contributed by atoms with van der Waals surface area (Å²) < 4.78 is 73.7. The lowest BCUT2D eigenvalue weighted by Gasteiger charge is -2.35. The largest absolute Gasteiger partial charge is 0.483 e. The Morgan fingerprint density at radius 2 is 2.03 bits per heavy atom. The van der Waals surface area contributed by atoms with E-state index in [0.29, 0.717) is 19.2 Å². The quantitative estimate of drug-likeness (QED) is 0.395. The van der Waals surface area contributed by atoms with Gasteiger partial charge in [0, 0.05) is 12.1 Å². The second kappa shape index (κ2) is 9.46. The molecule has 2 unspecified atom stereocenters. The van der Waals surface area contributed by atoms with E-state index >= 15 is 4.39 Å². The minimum atomic E-state index is -4.58. The third-order valence-corrected chi connectivity index (χ3v) is 6.80. The number of halogens is 5. The van der Waals surface area contributed by atoms with E-state index in [0.717, 1.165) is 29.5 Å². The van der Waals surface area contributed by atoms with Crippen LogP contribution in [0.5, 0.6) is 5.75 Å². The van der Waals surface area contributed by atoms with Gasteiger partial charge in [-0.15, -0.1) is 0 Å². The third kappa shape index (κ3) is 5.10. The lowest BCUT2D eigenvalue weighted by molar-refractivity contribution is -0.137. The van der Waals surface area contributed by atoms with Gasteiger partial charge in [-0.1, -0.05) is 11.3 Å². The first kappa shape index (κ1) is 24.9. The van der Waals surface area contributed by atoms with Crippen LogP contribution in [0.3, 0.4) is 0 Å². The predicted molar refractivity (Wildman–Crippen MR) is 116 cm³/mol. The number of benzene rings is 1. The van der Waals surface area contributed by atoms with E-state index in [2.05, 4.69) is 9.97 Å². The van der Waals surface area contributed by atoms with E-state index in [-0.39, 0.29) is 28.4 Å². The fourth-order valence-electron chi connectivity index (χ4n) is 3.91. The zero-order valence-corrected chi connectivity index (χ0v) is 19.1. The Bertz CT molecular complexity index is 1300. The maximum atomic E-state index is 15.2. The number of carbonyl (C=O) groups excluding carboxylic acids is 2. The van der Waals surface area contributed by atoms with Crippen molar-refractivity contribution in [3.63, 3.8) is 0 Å². The minimum absolute atomic E-state index is 0.00297. The van der Waals surface area contributed by atoms with Crippen LogP contribution < -0.4 is 10.5 Å². The zero-order valence-electron chi connectivity index (χ0n) is 18.2. The van der Waals surface area contributed by atoms with Crippen molar-refractivity contribution in [3.05, 3.63) is 52.2 Å². The Kier molecular flexibility index (Phi) is 6.73. The standard InChI is InChI=1S/C22H19F5N4O3S/c1-31-5-4-10(20(28)33)6-14(31)19(32)17-12(23)2-3-15(18(17)24)34-9-16-30-13-7-11(22(25,26)27)8-29-21(13)35-16/h2-3,7-8,10,14H,4-6,9H2,1H3,(H2,28,33). The van der Waals surface area contributed by atoms with Gasteiger partial charge in [0.15, 0.2) is 17.3 Å². The van der Waals surface area contributed by atoms with E-state index in [4.69, 9.17) is 10.5 Å². The van der Waals surface area contributed by atoms with Crippen LogP contribution in [-0.2, 0) is 17.6 Å². The molecule has 13 heteroatoms. The van der Waals surface area contributed by atoms with Crippen LogP contribution in [0.25, 0.3) is 10.3 Å². The van der Waals surface area contributed by atoms with Crippen LogP contribution in [-0.4, -0.2) is 46.2 Å². The molecule has 35 heavy (non-hydrogen) atoms. The first-order valence-electron chi connectivity index (χ1n) is 10.4. The smallest absolute Gasteiger partial charge is 0.417 e. The molecule has 1 aliphatic rings. The molecule has 7 nitrogen and oxygen atoms in total. The molecule has 0 spiro atoms. The summed E-state index contributed by atoms with van der Waals surface area (Å²) in [6.07, 6.45) is -3.42. The van der Waals surface area contributed by atoms with Crippen molar-refractivity contribution < 1.29 is 36.3 Å². The highest BCUT2D eigenvalue weighted by Gasteiger charge is 2.37. The Labute approximate surface area is 199 Å². The van der Waals surface area contributed by atoms with Gasteiger partial charge in [0.1, 0.15) is 27.8 Å². The molecule has 1 amide bonds. The second-order valence-corrected chi connectivity index (χ2v) is 9.22. The molecule has 0 aliphatic carbocycles. The number of likely N-dealkylation sites (N-methyl/N-ethyl adjacent to an activating group) is 1. The number of thiazole rings is 1. The van der Waals surface area contributed by atoms with Gasteiger partial charge < -0.3 is 10.5 Å². The van der Waals surface area contributed by atoms with Crippen LogP contribution in [0.1, 0.15) is 33.8 Å². The Balaban J connectivity index is 1.55. The van der Waals surface area contributed by atoms with Crippen molar-refractivity contribution in [2.45, 2.75) is 31.7 Å². The monoisotopic (exact) mass is 514 g/mol. The van der Waals surface area contributed by atoms with Crippen molar-refractivity contribution in [2.75, 3.05) is 13.6 Å². The Hall–Kier alpha value is -3.19. The first-order valence-corrected chi connectivity index (χ1v) is 11.2. The molecule has 0 saturated carbocycles. The third-order valence-electron chi connectivity index (χ3n) is 5.85. The van der Waals surface area contributed by atoms with E-state index < -0.39 is 58.3 Å². The number of nitrogens with zero attached hydrogens (tertiary/aromatic N) is 3. The number of primary amides is 1. The minimum Gasteiger partial charge on any atom is -0.483 e. The van der Waals surface area contributed by atoms with Crippen LogP contribution in [0.15, 0.2) is 24.4 Å². The van der Waals surface area contributed by atoms with Crippen LogP contribution >= 0.6 is 11.3 Å². The number of ether oxygens (including phenoxy) is 1. The number of pyridine rings is 1. The molecule has 2 atom stereocenters. The van der Waals surface area contributed by atoms with Crippen molar-refractivity contribution in [1.82, 2.24) is 14.9 Å². The fraction of sp³-hybridized carbons (Fsp3) is 0.364. The molecule has 2 N–H and O–H groups in total. The number of Topliss-reactive ketones (excluding diaryl/α,β-unsaturated/α-hetero) is 1. The SMILES string of the molecule is CN1CCC(C(N)=O)CC1C(=O)c1c(F)ccc(OCc2nc3cc(C(F)(F)F)cnc3s2)c1F. The van der Waals surface area contributed by atoms with Crippen molar-refractivity contribution in [2.24, 2.45) is 11.7 Å². The summed E-state index contributed by atoms with van der Waals surface area (Å²) in [5.74, 6) is -4.75. The summed E-state index contributed by atoms with van der Waals surface area (Å²) >= 11 is 0.953. The van der Waals surface area contributed by atoms with Gasteiger partial charge in [0.05, 0.1) is 17.2 Å². The predicted octanol–water partition coefficient (Wildman–Crippen LogP) is 3.95. The molecule has 186 valence electrons. The molecule has 3 heterocycles. The highest BCUT2D eigenvalue weighted by molar-refractivity contribution is 7.18. The number of nitrogens with two attached hydrogens (primary N) is 1. The average molecular weight is 514 g/mol. The number of alkyl halides is 3. The molecule has 3 aromatic rings. The van der Waals surface area contributed by atoms with E-state index in [1.807, 2.05) is 0 Å². The number of amides is 1. The Morgan fingerprint density at radius 3 is 2.71 bits per heavy atom. The molecule has 4 rings (SSSR count). The van der Waals surface area contributed by atoms with Gasteiger partial charge in [-0.25, -0.2) is 18.7 Å². The second-order valence-electron chi connectivity index (χ2n) is 8.16. The van der Waals surface area contributed by atoms with Crippen LogP contribution in [0, 0.1) is 17.6 Å². The van der Waals surface area contributed by atoms with Gasteiger partial charge in [0.2, 0.25) is 5.91 Å². The summed E-state index contributed by atoms with van der Waals surface area (Å²) in [7, 11) is 1.61. The molecule has 1 aromatic carbocycles. The number of ketones is 1. The fourth-order valence-corrected chi connectivity index (χ4v) is 4.71. The van der Waals surface area contributed by atoms with Crippen molar-refractivity contribution >= 4 is 33.4 Å². The number of rotatable bonds is 6. The van der Waals surface area contributed by atoms with Gasteiger partial charge in [-0.2, -0.15) is 13.2 Å². The maximum absolute atomic E-state index is 15.2. The number of hydrogen-bond acceptors (Lipinski definition) is 7. The molecular weight excluding hydrogens is 495 g/mol.